The molecule has 8 aromatic carbocycles. The molecular formula is C42H38O5. The molecule has 8 aromatic rings. The molecule has 5 heteroatoms. The monoisotopic (exact) mass is 622 g/mol. The van der Waals surface area contributed by atoms with Crippen LogP contribution in [0.2, 0.25) is 0 Å². The molecule has 0 saturated heterocycles. The minimum absolute atomic E-state index is 0.531. The Labute approximate surface area is 274 Å². The molecule has 0 amide bonds. The van der Waals surface area contributed by atoms with Gasteiger partial charge in [-0.2, -0.15) is 0 Å². The first-order chi connectivity index (χ1) is 23.3. The van der Waals surface area contributed by atoms with Crippen LogP contribution in [-0.4, -0.2) is 52.9 Å². The molecule has 0 saturated carbocycles. The molecular weight excluding hydrogens is 584 g/mol. The summed E-state index contributed by atoms with van der Waals surface area (Å²) in [6.07, 6.45) is 0. The van der Waals surface area contributed by atoms with Crippen LogP contribution in [0.25, 0.3) is 64.6 Å². The Morgan fingerprint density at radius 3 is 0.957 bits per heavy atom. The summed E-state index contributed by atoms with van der Waals surface area (Å²) in [5.74, 6) is 0. The standard InChI is InChI=1S/C42H38O5/c1-3-29-7-9-33-11-13-35(37-17-15-31(5-1)39(29)41(33)37)27-46-25-23-44-21-19-43-20-22-45-24-26-47-28-36-14-12-34-10-8-30-4-2-6-32-16-18-38(36)42(34)40(30)32/h1-18H,19-28H2. The average molecular weight is 623 g/mol. The van der Waals surface area contributed by atoms with E-state index in [4.69, 9.17) is 23.7 Å². The minimum Gasteiger partial charge on any atom is -0.377 e. The predicted molar refractivity (Wildman–Crippen MR) is 192 cm³/mol. The van der Waals surface area contributed by atoms with Crippen LogP contribution < -0.4 is 0 Å². The largest absolute Gasteiger partial charge is 0.377 e. The number of rotatable bonds is 16. The van der Waals surface area contributed by atoms with Crippen molar-refractivity contribution >= 4 is 64.6 Å². The van der Waals surface area contributed by atoms with Crippen molar-refractivity contribution in [2.45, 2.75) is 13.2 Å². The van der Waals surface area contributed by atoms with Gasteiger partial charge in [0.15, 0.2) is 0 Å². The van der Waals surface area contributed by atoms with Gasteiger partial charge < -0.3 is 23.7 Å². The van der Waals surface area contributed by atoms with Gasteiger partial charge in [-0.15, -0.1) is 0 Å². The third kappa shape index (κ3) is 6.09. The Bertz CT molecular complexity index is 2070. The quantitative estimate of drug-likeness (QED) is 0.0794. The van der Waals surface area contributed by atoms with Crippen molar-refractivity contribution in [3.8, 4) is 0 Å². The first-order valence-corrected chi connectivity index (χ1v) is 16.5. The van der Waals surface area contributed by atoms with Gasteiger partial charge in [0, 0.05) is 0 Å². The van der Waals surface area contributed by atoms with E-state index < -0.39 is 0 Å². The highest BCUT2D eigenvalue weighted by Crippen LogP contribution is 2.37. The van der Waals surface area contributed by atoms with Gasteiger partial charge in [-0.3, -0.25) is 0 Å². The highest BCUT2D eigenvalue weighted by molar-refractivity contribution is 6.24. The summed E-state index contributed by atoms with van der Waals surface area (Å²) >= 11 is 0. The van der Waals surface area contributed by atoms with Gasteiger partial charge in [-0.1, -0.05) is 109 Å². The zero-order valence-corrected chi connectivity index (χ0v) is 26.5. The first-order valence-electron chi connectivity index (χ1n) is 16.5. The maximum Gasteiger partial charge on any atom is 0.0724 e. The number of hydrogen-bond acceptors (Lipinski definition) is 5. The summed E-state index contributed by atoms with van der Waals surface area (Å²) in [6, 6.07) is 39.5. The summed E-state index contributed by atoms with van der Waals surface area (Å²) < 4.78 is 29.0. The number of hydrogen-bond donors (Lipinski definition) is 0. The van der Waals surface area contributed by atoms with Gasteiger partial charge in [0.05, 0.1) is 66.1 Å². The molecule has 0 atom stereocenters. The normalized spacial score (nSPS) is 12.3. The third-order valence-electron chi connectivity index (χ3n) is 9.24. The fourth-order valence-electron chi connectivity index (χ4n) is 6.99. The van der Waals surface area contributed by atoms with Gasteiger partial charge in [0.2, 0.25) is 0 Å². The highest BCUT2D eigenvalue weighted by Gasteiger charge is 2.12. The fraction of sp³-hybridized carbons (Fsp3) is 0.238. The number of benzene rings is 8. The van der Waals surface area contributed by atoms with Crippen LogP contribution in [0.15, 0.2) is 109 Å². The SMILES string of the molecule is c1cc2ccc3ccc(COCCOCCOCCOCCOCc4ccc5ccc6cccc7ccc4c5c67)c4ccc(c1)c2c34. The maximum atomic E-state index is 5.98. The molecule has 0 aromatic heterocycles. The summed E-state index contributed by atoms with van der Waals surface area (Å²) in [5.41, 5.74) is 2.41. The van der Waals surface area contributed by atoms with Crippen LogP contribution >= 0.6 is 0 Å². The van der Waals surface area contributed by atoms with Crippen molar-refractivity contribution in [2.75, 3.05) is 52.9 Å². The van der Waals surface area contributed by atoms with Gasteiger partial charge in [-0.25, -0.2) is 0 Å². The van der Waals surface area contributed by atoms with E-state index in [-0.39, 0.29) is 0 Å². The molecule has 5 nitrogen and oxygen atoms in total. The zero-order valence-electron chi connectivity index (χ0n) is 26.5. The summed E-state index contributed by atoms with van der Waals surface area (Å²) in [6.45, 7) is 5.41. The van der Waals surface area contributed by atoms with E-state index in [0.717, 1.165) is 0 Å². The summed E-state index contributed by atoms with van der Waals surface area (Å²) in [4.78, 5) is 0. The first kappa shape index (κ1) is 30.0. The summed E-state index contributed by atoms with van der Waals surface area (Å²) in [7, 11) is 0. The Balaban J connectivity index is 0.696. The predicted octanol–water partition coefficient (Wildman–Crippen LogP) is 9.26. The van der Waals surface area contributed by atoms with Crippen LogP contribution in [0.1, 0.15) is 11.1 Å². The molecule has 236 valence electrons. The molecule has 0 aliphatic heterocycles. The van der Waals surface area contributed by atoms with Crippen molar-refractivity contribution < 1.29 is 23.7 Å². The lowest BCUT2D eigenvalue weighted by Gasteiger charge is -2.14. The molecule has 0 heterocycles. The molecule has 0 N–H and O–H groups in total. The van der Waals surface area contributed by atoms with E-state index in [2.05, 4.69) is 109 Å². The topological polar surface area (TPSA) is 46.2 Å². The van der Waals surface area contributed by atoms with Crippen LogP contribution in [0.3, 0.4) is 0 Å². The second-order valence-corrected chi connectivity index (χ2v) is 12.1. The number of ether oxygens (including phenoxy) is 5. The van der Waals surface area contributed by atoms with E-state index in [0.29, 0.717) is 66.1 Å². The van der Waals surface area contributed by atoms with Crippen molar-refractivity contribution in [1.29, 1.82) is 0 Å². The highest BCUT2D eigenvalue weighted by atomic mass is 16.6. The van der Waals surface area contributed by atoms with Gasteiger partial charge in [0.1, 0.15) is 0 Å². The van der Waals surface area contributed by atoms with Crippen LogP contribution in [-0.2, 0) is 36.9 Å². The molecule has 0 aliphatic carbocycles. The Kier molecular flexibility index (Phi) is 8.80. The van der Waals surface area contributed by atoms with Crippen LogP contribution in [0.5, 0.6) is 0 Å². The third-order valence-corrected chi connectivity index (χ3v) is 9.24. The molecule has 0 spiro atoms. The van der Waals surface area contributed by atoms with E-state index >= 15 is 0 Å². The lowest BCUT2D eigenvalue weighted by atomic mass is 9.92. The molecule has 0 aliphatic rings. The average Bonchev–Trinajstić information content (AvgIpc) is 3.12. The van der Waals surface area contributed by atoms with E-state index in [1.807, 2.05) is 0 Å². The zero-order chi connectivity index (χ0) is 31.4. The Morgan fingerprint density at radius 1 is 0.277 bits per heavy atom. The van der Waals surface area contributed by atoms with Crippen LogP contribution in [0.4, 0.5) is 0 Å². The van der Waals surface area contributed by atoms with Crippen molar-refractivity contribution in [3.05, 3.63) is 120 Å². The second-order valence-electron chi connectivity index (χ2n) is 12.1. The van der Waals surface area contributed by atoms with E-state index in [1.165, 1.54) is 75.8 Å². The molecule has 0 fully saturated rings. The fourth-order valence-corrected chi connectivity index (χ4v) is 6.99. The van der Waals surface area contributed by atoms with E-state index in [9.17, 15) is 0 Å². The lowest BCUT2D eigenvalue weighted by Crippen LogP contribution is -2.13. The molecule has 0 radical (unpaired) electrons. The summed E-state index contributed by atoms with van der Waals surface area (Å²) in [5, 5.41) is 15.5. The molecule has 47 heavy (non-hydrogen) atoms. The minimum atomic E-state index is 0.531. The Morgan fingerprint density at radius 2 is 0.574 bits per heavy atom. The Hall–Kier alpha value is -4.36. The lowest BCUT2D eigenvalue weighted by molar-refractivity contribution is -0.0136. The molecule has 0 unspecified atom stereocenters. The molecule has 8 rings (SSSR count). The van der Waals surface area contributed by atoms with Crippen LogP contribution in [0, 0.1) is 0 Å². The maximum absolute atomic E-state index is 5.98. The molecule has 0 bridgehead atoms. The van der Waals surface area contributed by atoms with Gasteiger partial charge >= 0.3 is 0 Å². The van der Waals surface area contributed by atoms with Crippen molar-refractivity contribution in [3.63, 3.8) is 0 Å². The van der Waals surface area contributed by atoms with Crippen molar-refractivity contribution in [2.24, 2.45) is 0 Å². The van der Waals surface area contributed by atoms with Gasteiger partial charge in [-0.05, 0) is 75.8 Å². The van der Waals surface area contributed by atoms with Crippen molar-refractivity contribution in [1.82, 2.24) is 0 Å². The smallest absolute Gasteiger partial charge is 0.0724 e. The van der Waals surface area contributed by atoms with E-state index in [1.54, 1.807) is 0 Å². The van der Waals surface area contributed by atoms with Gasteiger partial charge in [0.25, 0.3) is 0 Å². The second kappa shape index (κ2) is 13.8.